The van der Waals surface area contributed by atoms with E-state index in [1.165, 1.54) is 0 Å². The van der Waals surface area contributed by atoms with E-state index >= 15 is 0 Å². The summed E-state index contributed by atoms with van der Waals surface area (Å²) in [5.74, 6) is -0.423. The number of aromatic amines is 1. The second-order valence-electron chi connectivity index (χ2n) is 3.76. The SMILES string of the molecule is O=CCCCCc1ccc2[nH]c(=O)oc2c1. The van der Waals surface area contributed by atoms with Crippen molar-refractivity contribution in [2.75, 3.05) is 0 Å². The Morgan fingerprint density at radius 3 is 3.00 bits per heavy atom. The molecule has 0 radical (unpaired) electrons. The van der Waals surface area contributed by atoms with E-state index in [9.17, 15) is 9.59 Å². The highest BCUT2D eigenvalue weighted by molar-refractivity contribution is 5.72. The highest BCUT2D eigenvalue weighted by Crippen LogP contribution is 2.14. The number of carbonyl (C=O) groups is 1. The van der Waals surface area contributed by atoms with Crippen LogP contribution in [0.1, 0.15) is 24.8 Å². The highest BCUT2D eigenvalue weighted by atomic mass is 16.4. The van der Waals surface area contributed by atoms with E-state index in [1.807, 2.05) is 18.2 Å². The lowest BCUT2D eigenvalue weighted by molar-refractivity contribution is -0.107. The first kappa shape index (κ1) is 10.7. The molecule has 4 nitrogen and oxygen atoms in total. The number of unbranched alkanes of at least 4 members (excludes halogenated alkanes) is 2. The van der Waals surface area contributed by atoms with Crippen molar-refractivity contribution in [2.45, 2.75) is 25.7 Å². The number of hydrogen-bond acceptors (Lipinski definition) is 3. The van der Waals surface area contributed by atoms with Crippen LogP contribution in [0.3, 0.4) is 0 Å². The number of benzene rings is 1. The summed E-state index contributed by atoms with van der Waals surface area (Å²) in [5, 5.41) is 0. The second kappa shape index (κ2) is 4.79. The first-order valence-corrected chi connectivity index (χ1v) is 5.35. The molecular formula is C12H13NO3. The number of aldehydes is 1. The maximum atomic E-state index is 10.9. The number of H-pyrrole nitrogens is 1. The highest BCUT2D eigenvalue weighted by Gasteiger charge is 2.01. The fourth-order valence-corrected chi connectivity index (χ4v) is 1.70. The van der Waals surface area contributed by atoms with Crippen LogP contribution in [-0.2, 0) is 11.2 Å². The quantitative estimate of drug-likeness (QED) is 0.618. The fourth-order valence-electron chi connectivity index (χ4n) is 1.70. The van der Waals surface area contributed by atoms with Crippen molar-refractivity contribution in [2.24, 2.45) is 0 Å². The predicted molar refractivity (Wildman–Crippen MR) is 60.5 cm³/mol. The van der Waals surface area contributed by atoms with Crippen LogP contribution >= 0.6 is 0 Å². The number of hydrogen-bond donors (Lipinski definition) is 1. The topological polar surface area (TPSA) is 63.1 Å². The molecule has 16 heavy (non-hydrogen) atoms. The zero-order valence-corrected chi connectivity index (χ0v) is 8.86. The molecule has 1 N–H and O–H groups in total. The molecule has 0 fully saturated rings. The van der Waals surface area contributed by atoms with Crippen molar-refractivity contribution in [1.29, 1.82) is 0 Å². The lowest BCUT2D eigenvalue weighted by Gasteiger charge is -1.99. The van der Waals surface area contributed by atoms with Gasteiger partial charge >= 0.3 is 5.76 Å². The molecule has 4 heteroatoms. The Balaban J connectivity index is 2.07. The van der Waals surface area contributed by atoms with Gasteiger partial charge in [-0.3, -0.25) is 4.98 Å². The van der Waals surface area contributed by atoms with Gasteiger partial charge in [0.15, 0.2) is 5.58 Å². The molecule has 0 saturated carbocycles. The Hall–Kier alpha value is -1.84. The summed E-state index contributed by atoms with van der Waals surface area (Å²) in [6.45, 7) is 0. The van der Waals surface area contributed by atoms with E-state index in [-0.39, 0.29) is 0 Å². The number of aryl methyl sites for hydroxylation is 1. The van der Waals surface area contributed by atoms with Crippen LogP contribution < -0.4 is 5.76 Å². The Bertz CT molecular complexity index is 538. The molecule has 0 aliphatic heterocycles. The molecule has 0 atom stereocenters. The molecule has 0 amide bonds. The van der Waals surface area contributed by atoms with E-state index in [1.54, 1.807) is 0 Å². The summed E-state index contributed by atoms with van der Waals surface area (Å²) < 4.78 is 4.97. The molecular weight excluding hydrogens is 206 g/mol. The summed E-state index contributed by atoms with van der Waals surface area (Å²) >= 11 is 0. The van der Waals surface area contributed by atoms with Gasteiger partial charge in [0.05, 0.1) is 5.52 Å². The molecule has 1 heterocycles. The third-order valence-electron chi connectivity index (χ3n) is 2.52. The standard InChI is InChI=1S/C12H13NO3/c14-7-3-1-2-4-9-5-6-10-11(8-9)16-12(15)13-10/h5-8H,1-4H2,(H,13,15). The Morgan fingerprint density at radius 2 is 2.19 bits per heavy atom. The first-order chi connectivity index (χ1) is 7.79. The molecule has 2 rings (SSSR count). The van der Waals surface area contributed by atoms with Crippen LogP contribution in [0.15, 0.2) is 27.4 Å². The van der Waals surface area contributed by atoms with Crippen LogP contribution in [0.25, 0.3) is 11.1 Å². The summed E-state index contributed by atoms with van der Waals surface area (Å²) in [5.41, 5.74) is 2.45. The van der Waals surface area contributed by atoms with Gasteiger partial charge in [0, 0.05) is 6.42 Å². The van der Waals surface area contributed by atoms with Crippen LogP contribution in [0.4, 0.5) is 0 Å². The van der Waals surface area contributed by atoms with Crippen LogP contribution in [-0.4, -0.2) is 11.3 Å². The van der Waals surface area contributed by atoms with E-state index in [4.69, 9.17) is 4.42 Å². The lowest BCUT2D eigenvalue weighted by Crippen LogP contribution is -1.92. The van der Waals surface area contributed by atoms with Crippen molar-refractivity contribution in [3.63, 3.8) is 0 Å². The molecule has 0 bridgehead atoms. The van der Waals surface area contributed by atoms with E-state index in [0.29, 0.717) is 12.0 Å². The molecule has 0 spiro atoms. The van der Waals surface area contributed by atoms with Crippen molar-refractivity contribution >= 4 is 17.4 Å². The maximum Gasteiger partial charge on any atom is 0.417 e. The van der Waals surface area contributed by atoms with Crippen molar-refractivity contribution in [3.05, 3.63) is 34.3 Å². The normalized spacial score (nSPS) is 10.8. The Labute approximate surface area is 92.3 Å². The second-order valence-corrected chi connectivity index (χ2v) is 3.76. The Kier molecular flexibility index (Phi) is 3.19. The fraction of sp³-hybridized carbons (Fsp3) is 0.333. The maximum absolute atomic E-state index is 10.9. The molecule has 1 aromatic carbocycles. The van der Waals surface area contributed by atoms with E-state index < -0.39 is 5.76 Å². The van der Waals surface area contributed by atoms with Crippen molar-refractivity contribution in [1.82, 2.24) is 4.98 Å². The number of fused-ring (bicyclic) bond motifs is 1. The smallest absolute Gasteiger partial charge is 0.408 e. The van der Waals surface area contributed by atoms with Gasteiger partial charge in [0.1, 0.15) is 6.29 Å². The zero-order valence-electron chi connectivity index (χ0n) is 8.86. The first-order valence-electron chi connectivity index (χ1n) is 5.35. The summed E-state index contributed by atoms with van der Waals surface area (Å²) in [7, 11) is 0. The Morgan fingerprint density at radius 1 is 1.31 bits per heavy atom. The molecule has 1 aromatic heterocycles. The van der Waals surface area contributed by atoms with E-state index in [2.05, 4.69) is 4.98 Å². The average Bonchev–Trinajstić information content (AvgIpc) is 2.64. The van der Waals surface area contributed by atoms with Crippen LogP contribution in [0, 0.1) is 0 Å². The van der Waals surface area contributed by atoms with Gasteiger partial charge in [0.2, 0.25) is 0 Å². The molecule has 0 saturated heterocycles. The van der Waals surface area contributed by atoms with Crippen LogP contribution in [0.2, 0.25) is 0 Å². The summed E-state index contributed by atoms with van der Waals surface area (Å²) in [6.07, 6.45) is 4.33. The van der Waals surface area contributed by atoms with Gasteiger partial charge in [-0.1, -0.05) is 6.07 Å². The van der Waals surface area contributed by atoms with Gasteiger partial charge < -0.3 is 9.21 Å². The number of rotatable bonds is 5. The minimum Gasteiger partial charge on any atom is -0.408 e. The van der Waals surface area contributed by atoms with Crippen molar-refractivity contribution in [3.8, 4) is 0 Å². The van der Waals surface area contributed by atoms with E-state index in [0.717, 1.165) is 36.6 Å². The third-order valence-corrected chi connectivity index (χ3v) is 2.52. The predicted octanol–water partition coefficient (Wildman–Crippen LogP) is 2.03. The minimum atomic E-state index is -0.423. The van der Waals surface area contributed by atoms with Gasteiger partial charge in [-0.05, 0) is 37.0 Å². The zero-order chi connectivity index (χ0) is 11.4. The monoisotopic (exact) mass is 219 g/mol. The lowest BCUT2D eigenvalue weighted by atomic mass is 10.1. The summed E-state index contributed by atoms with van der Waals surface area (Å²) in [4.78, 5) is 23.7. The third kappa shape index (κ3) is 2.39. The van der Waals surface area contributed by atoms with Crippen molar-refractivity contribution < 1.29 is 9.21 Å². The largest absolute Gasteiger partial charge is 0.417 e. The molecule has 0 aliphatic rings. The van der Waals surface area contributed by atoms with Gasteiger partial charge in [-0.25, -0.2) is 4.79 Å². The van der Waals surface area contributed by atoms with Crippen LogP contribution in [0.5, 0.6) is 0 Å². The minimum absolute atomic E-state index is 0.423. The summed E-state index contributed by atoms with van der Waals surface area (Å²) in [6, 6.07) is 5.68. The molecule has 0 aliphatic carbocycles. The van der Waals surface area contributed by atoms with Gasteiger partial charge in [-0.2, -0.15) is 0 Å². The molecule has 2 aromatic rings. The number of nitrogens with one attached hydrogen (secondary N) is 1. The van der Waals surface area contributed by atoms with Gasteiger partial charge in [0.25, 0.3) is 0 Å². The molecule has 0 unspecified atom stereocenters. The number of aromatic nitrogens is 1. The average molecular weight is 219 g/mol. The van der Waals surface area contributed by atoms with Gasteiger partial charge in [-0.15, -0.1) is 0 Å². The molecule has 84 valence electrons. The number of oxazole rings is 1. The number of carbonyl (C=O) groups excluding carboxylic acids is 1.